The normalized spacial score (nSPS) is 21.1. The fourth-order valence-electron chi connectivity index (χ4n) is 2.54. The summed E-state index contributed by atoms with van der Waals surface area (Å²) in [5.74, 6) is 0. The molecular formula is C13H18Cl2N2O2S. The molecule has 4 nitrogen and oxygen atoms in total. The van der Waals surface area contributed by atoms with Crippen molar-refractivity contribution in [1.29, 1.82) is 0 Å². The minimum Gasteiger partial charge on any atom is -0.330 e. The molecule has 1 aromatic rings. The predicted molar refractivity (Wildman–Crippen MR) is 81.7 cm³/mol. The van der Waals surface area contributed by atoms with Crippen molar-refractivity contribution in [3.05, 3.63) is 28.2 Å². The van der Waals surface area contributed by atoms with E-state index in [4.69, 9.17) is 28.9 Å². The van der Waals surface area contributed by atoms with Gasteiger partial charge in [-0.15, -0.1) is 0 Å². The molecule has 0 radical (unpaired) electrons. The molecule has 1 heterocycles. The highest BCUT2D eigenvalue weighted by atomic mass is 35.5. The van der Waals surface area contributed by atoms with Crippen LogP contribution in [0.5, 0.6) is 0 Å². The van der Waals surface area contributed by atoms with Gasteiger partial charge in [0.25, 0.3) is 0 Å². The Bertz CT molecular complexity index is 576. The molecule has 1 unspecified atom stereocenters. The topological polar surface area (TPSA) is 63.4 Å². The predicted octanol–water partition coefficient (Wildman–Crippen LogP) is 2.89. The molecule has 0 bridgehead atoms. The maximum absolute atomic E-state index is 12.7. The zero-order chi connectivity index (χ0) is 14.8. The highest BCUT2D eigenvalue weighted by Gasteiger charge is 2.33. The lowest BCUT2D eigenvalue weighted by Gasteiger charge is -2.34. The smallest absolute Gasteiger partial charge is 0.243 e. The third-order valence-electron chi connectivity index (χ3n) is 3.57. The summed E-state index contributed by atoms with van der Waals surface area (Å²) in [4.78, 5) is 0.191. The molecule has 1 saturated heterocycles. The number of sulfonamides is 1. The van der Waals surface area contributed by atoms with E-state index in [2.05, 4.69) is 0 Å². The van der Waals surface area contributed by atoms with Gasteiger partial charge in [-0.1, -0.05) is 29.6 Å². The standard InChI is InChI=1S/C13H18Cl2N2O2S/c14-12-5-4-11(9-13(12)15)20(18,19)17-8-2-1-3-10(17)6-7-16/h4-5,9-10H,1-3,6-8,16H2. The van der Waals surface area contributed by atoms with Crippen molar-refractivity contribution in [1.82, 2.24) is 4.31 Å². The summed E-state index contributed by atoms with van der Waals surface area (Å²) < 4.78 is 27.0. The molecule has 0 aliphatic carbocycles. The van der Waals surface area contributed by atoms with Crippen LogP contribution in [0.2, 0.25) is 10.0 Å². The van der Waals surface area contributed by atoms with E-state index in [9.17, 15) is 8.42 Å². The van der Waals surface area contributed by atoms with Crippen LogP contribution in [-0.4, -0.2) is 31.9 Å². The van der Waals surface area contributed by atoms with Crippen molar-refractivity contribution in [2.75, 3.05) is 13.1 Å². The molecule has 20 heavy (non-hydrogen) atoms. The molecule has 0 spiro atoms. The Balaban J connectivity index is 2.34. The molecule has 7 heteroatoms. The highest BCUT2D eigenvalue weighted by Crippen LogP contribution is 2.30. The van der Waals surface area contributed by atoms with E-state index in [1.807, 2.05) is 0 Å². The van der Waals surface area contributed by atoms with Crippen LogP contribution in [0.3, 0.4) is 0 Å². The second-order valence-electron chi connectivity index (χ2n) is 4.92. The Morgan fingerprint density at radius 3 is 2.65 bits per heavy atom. The highest BCUT2D eigenvalue weighted by molar-refractivity contribution is 7.89. The lowest BCUT2D eigenvalue weighted by atomic mass is 10.0. The van der Waals surface area contributed by atoms with Crippen molar-refractivity contribution in [2.24, 2.45) is 5.73 Å². The molecule has 1 atom stereocenters. The number of halogens is 2. The summed E-state index contributed by atoms with van der Waals surface area (Å²) in [7, 11) is -3.54. The van der Waals surface area contributed by atoms with Crippen molar-refractivity contribution in [2.45, 2.75) is 36.6 Å². The number of benzene rings is 1. The second-order valence-corrected chi connectivity index (χ2v) is 7.62. The van der Waals surface area contributed by atoms with E-state index >= 15 is 0 Å². The van der Waals surface area contributed by atoms with Gasteiger partial charge in [-0.05, 0) is 44.0 Å². The lowest BCUT2D eigenvalue weighted by Crippen LogP contribution is -2.44. The van der Waals surface area contributed by atoms with Gasteiger partial charge in [0, 0.05) is 12.6 Å². The minimum absolute atomic E-state index is 0.0202. The molecule has 0 saturated carbocycles. The summed E-state index contributed by atoms with van der Waals surface area (Å²) >= 11 is 11.8. The van der Waals surface area contributed by atoms with Gasteiger partial charge in [0.1, 0.15) is 0 Å². The second kappa shape index (κ2) is 6.62. The lowest BCUT2D eigenvalue weighted by molar-refractivity contribution is 0.243. The number of hydrogen-bond donors (Lipinski definition) is 1. The van der Waals surface area contributed by atoms with Crippen LogP contribution in [0.15, 0.2) is 23.1 Å². The van der Waals surface area contributed by atoms with E-state index in [1.54, 1.807) is 4.31 Å². The van der Waals surface area contributed by atoms with E-state index in [0.29, 0.717) is 24.5 Å². The summed E-state index contributed by atoms with van der Waals surface area (Å²) in [6, 6.07) is 4.40. The Hall–Kier alpha value is -0.330. The van der Waals surface area contributed by atoms with Crippen LogP contribution in [0.1, 0.15) is 25.7 Å². The Kier molecular flexibility index (Phi) is 5.31. The minimum atomic E-state index is -3.54. The molecule has 2 rings (SSSR count). The summed E-state index contributed by atoms with van der Waals surface area (Å²) in [6.07, 6.45) is 3.46. The quantitative estimate of drug-likeness (QED) is 0.919. The van der Waals surface area contributed by atoms with Crippen molar-refractivity contribution in [3.63, 3.8) is 0 Å². The summed E-state index contributed by atoms with van der Waals surface area (Å²) in [6.45, 7) is 1.02. The fourth-order valence-corrected chi connectivity index (χ4v) is 4.66. The molecule has 1 aliphatic rings. The maximum atomic E-state index is 12.7. The Morgan fingerprint density at radius 2 is 2.00 bits per heavy atom. The van der Waals surface area contributed by atoms with Gasteiger partial charge in [-0.3, -0.25) is 0 Å². The zero-order valence-electron chi connectivity index (χ0n) is 11.1. The van der Waals surface area contributed by atoms with Crippen LogP contribution in [-0.2, 0) is 10.0 Å². The van der Waals surface area contributed by atoms with Gasteiger partial charge in [0.2, 0.25) is 10.0 Å². The van der Waals surface area contributed by atoms with Gasteiger partial charge < -0.3 is 5.73 Å². The molecule has 0 amide bonds. The molecular weight excluding hydrogens is 319 g/mol. The van der Waals surface area contributed by atoms with E-state index in [1.165, 1.54) is 18.2 Å². The first kappa shape index (κ1) is 16.0. The Morgan fingerprint density at radius 1 is 1.25 bits per heavy atom. The van der Waals surface area contributed by atoms with E-state index in [0.717, 1.165) is 19.3 Å². The van der Waals surface area contributed by atoms with Crippen LogP contribution in [0.4, 0.5) is 0 Å². The molecule has 0 aromatic heterocycles. The number of nitrogens with zero attached hydrogens (tertiary/aromatic N) is 1. The fraction of sp³-hybridized carbons (Fsp3) is 0.538. The molecule has 112 valence electrons. The van der Waals surface area contributed by atoms with Crippen LogP contribution in [0, 0.1) is 0 Å². The number of piperidine rings is 1. The number of hydrogen-bond acceptors (Lipinski definition) is 3. The van der Waals surface area contributed by atoms with Crippen LogP contribution in [0.25, 0.3) is 0 Å². The first-order chi connectivity index (χ1) is 9.46. The molecule has 1 aliphatic heterocycles. The van der Waals surface area contributed by atoms with E-state index in [-0.39, 0.29) is 16.0 Å². The monoisotopic (exact) mass is 336 g/mol. The molecule has 2 N–H and O–H groups in total. The SMILES string of the molecule is NCCC1CCCCN1S(=O)(=O)c1ccc(Cl)c(Cl)c1. The van der Waals surface area contributed by atoms with E-state index < -0.39 is 10.0 Å². The first-order valence-corrected chi connectivity index (χ1v) is 8.83. The summed E-state index contributed by atoms with van der Waals surface area (Å²) in [5.41, 5.74) is 5.59. The third kappa shape index (κ3) is 3.28. The van der Waals surface area contributed by atoms with Gasteiger partial charge >= 0.3 is 0 Å². The average Bonchev–Trinajstić information content (AvgIpc) is 2.42. The zero-order valence-corrected chi connectivity index (χ0v) is 13.4. The van der Waals surface area contributed by atoms with Crippen molar-refractivity contribution < 1.29 is 8.42 Å². The van der Waals surface area contributed by atoms with Crippen LogP contribution < -0.4 is 5.73 Å². The van der Waals surface area contributed by atoms with Gasteiger partial charge in [-0.25, -0.2) is 8.42 Å². The van der Waals surface area contributed by atoms with Gasteiger partial charge in [-0.2, -0.15) is 4.31 Å². The molecule has 1 fully saturated rings. The first-order valence-electron chi connectivity index (χ1n) is 6.64. The Labute approximate surface area is 129 Å². The van der Waals surface area contributed by atoms with Gasteiger partial charge in [0.15, 0.2) is 0 Å². The number of nitrogens with two attached hydrogens (primary N) is 1. The maximum Gasteiger partial charge on any atom is 0.243 e. The van der Waals surface area contributed by atoms with Crippen molar-refractivity contribution >= 4 is 33.2 Å². The average molecular weight is 337 g/mol. The van der Waals surface area contributed by atoms with Gasteiger partial charge in [0.05, 0.1) is 14.9 Å². The summed E-state index contributed by atoms with van der Waals surface area (Å²) in [5, 5.41) is 0.600. The number of rotatable bonds is 4. The molecule has 1 aromatic carbocycles. The van der Waals surface area contributed by atoms with Crippen molar-refractivity contribution in [3.8, 4) is 0 Å². The van der Waals surface area contributed by atoms with Crippen LogP contribution >= 0.6 is 23.2 Å². The third-order valence-corrected chi connectivity index (χ3v) is 6.26. The largest absolute Gasteiger partial charge is 0.330 e.